The van der Waals surface area contributed by atoms with Crippen LogP contribution in [-0.4, -0.2) is 34.1 Å². The lowest BCUT2D eigenvalue weighted by atomic mass is 10.0. The molecule has 0 amide bonds. The molecule has 0 aliphatic rings. The molecule has 0 radical (unpaired) electrons. The fraction of sp³-hybridized carbons (Fsp3) is 0.516. The highest BCUT2D eigenvalue weighted by Gasteiger charge is 2.22. The number of aromatic nitrogens is 1. The van der Waals surface area contributed by atoms with Gasteiger partial charge in [-0.05, 0) is 24.6 Å². The van der Waals surface area contributed by atoms with E-state index >= 15 is 0 Å². The van der Waals surface area contributed by atoms with E-state index in [0.29, 0.717) is 29.1 Å². The predicted molar refractivity (Wildman–Crippen MR) is 153 cm³/mol. The normalized spacial score (nSPS) is 11.2. The van der Waals surface area contributed by atoms with Crippen LogP contribution in [0.5, 0.6) is 28.7 Å². The third-order valence-corrected chi connectivity index (χ3v) is 7.22. The molecule has 3 N–H and O–H groups in total. The fourth-order valence-corrected chi connectivity index (χ4v) is 5.08. The zero-order chi connectivity index (χ0) is 27.5. The summed E-state index contributed by atoms with van der Waals surface area (Å²) < 4.78 is 12.5. The van der Waals surface area contributed by atoms with Gasteiger partial charge in [-0.25, -0.2) is 0 Å². The van der Waals surface area contributed by atoms with Crippen LogP contribution in [0.4, 0.5) is 0 Å². The molecule has 0 aliphatic heterocycles. The molecule has 0 fully saturated rings. The Labute approximate surface area is 225 Å². The average Bonchev–Trinajstić information content (AvgIpc) is 2.92. The van der Waals surface area contributed by atoms with Crippen molar-refractivity contribution in [1.29, 1.82) is 0 Å². The number of unbranched alkanes of at least 4 members (excludes halogenated alkanes) is 11. The summed E-state index contributed by atoms with van der Waals surface area (Å²) in [6.07, 6.45) is 14.7. The van der Waals surface area contributed by atoms with Gasteiger partial charge in [0.05, 0.1) is 30.8 Å². The molecule has 0 unspecified atom stereocenters. The number of benzene rings is 2. The number of hydrogen-bond acceptors (Lipinski definition) is 6. The maximum atomic E-state index is 13.1. The van der Waals surface area contributed by atoms with E-state index in [4.69, 9.17) is 9.47 Å². The lowest BCUT2D eigenvalue weighted by molar-refractivity contribution is 0.373. The van der Waals surface area contributed by atoms with Gasteiger partial charge in [0.2, 0.25) is 5.43 Å². The number of aromatic hydroxyl groups is 3. The predicted octanol–water partition coefficient (Wildman–Crippen LogP) is 7.50. The third kappa shape index (κ3) is 7.15. The van der Waals surface area contributed by atoms with Gasteiger partial charge in [0.1, 0.15) is 11.5 Å². The number of hydrogen-bond donors (Lipinski definition) is 3. The third-order valence-electron chi connectivity index (χ3n) is 7.22. The van der Waals surface area contributed by atoms with Gasteiger partial charge in [-0.2, -0.15) is 0 Å². The highest BCUT2D eigenvalue weighted by atomic mass is 16.5. The molecule has 7 heteroatoms. The molecule has 38 heavy (non-hydrogen) atoms. The standard InChI is InChI=1S/C31H43NO6/c1-4-5-6-7-8-9-10-11-12-13-14-15-18-32-24-20-23(37-2)21-26(34)28(24)30(35)31(36)29(32)22-16-17-25(33)27(19-22)38-3/h16-17,19-21,33-34,36H,4-15,18H2,1-3H3. The van der Waals surface area contributed by atoms with Gasteiger partial charge < -0.3 is 29.4 Å². The Kier molecular flexibility index (Phi) is 11.2. The number of fused-ring (bicyclic) bond motifs is 1. The van der Waals surface area contributed by atoms with E-state index in [1.165, 1.54) is 84.1 Å². The molecule has 1 aromatic heterocycles. The molecule has 2 aromatic carbocycles. The first-order valence-corrected chi connectivity index (χ1v) is 14.0. The maximum Gasteiger partial charge on any atom is 0.235 e. The summed E-state index contributed by atoms with van der Waals surface area (Å²) in [5.41, 5.74) is 0.664. The van der Waals surface area contributed by atoms with Crippen molar-refractivity contribution in [2.24, 2.45) is 0 Å². The van der Waals surface area contributed by atoms with E-state index in [1.807, 2.05) is 4.57 Å². The molecule has 0 bridgehead atoms. The molecule has 0 atom stereocenters. The van der Waals surface area contributed by atoms with Crippen molar-refractivity contribution in [2.45, 2.75) is 90.5 Å². The van der Waals surface area contributed by atoms with Gasteiger partial charge in [0, 0.05) is 24.2 Å². The summed E-state index contributed by atoms with van der Waals surface area (Å²) in [6, 6.07) is 7.78. The SMILES string of the molecule is CCCCCCCCCCCCCCn1c(-c2ccc(O)c(OC)c2)c(O)c(=O)c2c(O)cc(OC)cc21. The summed E-state index contributed by atoms with van der Waals surface area (Å²) in [4.78, 5) is 13.1. The highest BCUT2D eigenvalue weighted by Crippen LogP contribution is 2.38. The lowest BCUT2D eigenvalue weighted by Crippen LogP contribution is -2.14. The van der Waals surface area contributed by atoms with Crippen LogP contribution in [0.3, 0.4) is 0 Å². The first-order valence-electron chi connectivity index (χ1n) is 14.0. The van der Waals surface area contributed by atoms with Crippen molar-refractivity contribution >= 4 is 10.9 Å². The van der Waals surface area contributed by atoms with E-state index in [-0.39, 0.29) is 22.6 Å². The zero-order valence-corrected chi connectivity index (χ0v) is 23.1. The van der Waals surface area contributed by atoms with Crippen molar-refractivity contribution in [3.63, 3.8) is 0 Å². The van der Waals surface area contributed by atoms with Gasteiger partial charge >= 0.3 is 0 Å². The molecule has 7 nitrogen and oxygen atoms in total. The minimum Gasteiger partial charge on any atom is -0.507 e. The number of pyridine rings is 1. The summed E-state index contributed by atoms with van der Waals surface area (Å²) in [7, 11) is 2.95. The number of phenols is 2. The number of phenolic OH excluding ortho intramolecular Hbond substituents is 2. The van der Waals surface area contributed by atoms with E-state index in [0.717, 1.165) is 19.3 Å². The Hall–Kier alpha value is -3.35. The Morgan fingerprint density at radius 2 is 1.34 bits per heavy atom. The Bertz CT molecular complexity index is 1250. The second-order valence-electron chi connectivity index (χ2n) is 9.99. The van der Waals surface area contributed by atoms with Gasteiger partial charge in [-0.3, -0.25) is 4.79 Å². The Morgan fingerprint density at radius 1 is 0.737 bits per heavy atom. The van der Waals surface area contributed by atoms with Crippen molar-refractivity contribution in [3.8, 4) is 40.0 Å². The van der Waals surface area contributed by atoms with Crippen molar-refractivity contribution in [3.05, 3.63) is 40.6 Å². The smallest absolute Gasteiger partial charge is 0.235 e. The fourth-order valence-electron chi connectivity index (χ4n) is 5.08. The van der Waals surface area contributed by atoms with Gasteiger partial charge in [-0.15, -0.1) is 0 Å². The second kappa shape index (κ2) is 14.6. The molecule has 1 heterocycles. The van der Waals surface area contributed by atoms with Crippen LogP contribution in [0.2, 0.25) is 0 Å². The first kappa shape index (κ1) is 29.2. The number of ether oxygens (including phenoxy) is 2. The summed E-state index contributed by atoms with van der Waals surface area (Å²) in [5, 5.41) is 31.8. The summed E-state index contributed by atoms with van der Waals surface area (Å²) >= 11 is 0. The van der Waals surface area contributed by atoms with Crippen LogP contribution < -0.4 is 14.9 Å². The molecule has 0 saturated carbocycles. The number of methoxy groups -OCH3 is 2. The van der Waals surface area contributed by atoms with Crippen LogP contribution in [0.25, 0.3) is 22.2 Å². The minimum atomic E-state index is -0.659. The van der Waals surface area contributed by atoms with Crippen LogP contribution in [-0.2, 0) is 6.54 Å². The van der Waals surface area contributed by atoms with Gasteiger partial charge in [0.15, 0.2) is 17.2 Å². The van der Waals surface area contributed by atoms with E-state index < -0.39 is 11.2 Å². The highest BCUT2D eigenvalue weighted by molar-refractivity contribution is 5.91. The average molecular weight is 526 g/mol. The lowest BCUT2D eigenvalue weighted by Gasteiger charge is -2.20. The Balaban J connectivity index is 1.79. The van der Waals surface area contributed by atoms with Gasteiger partial charge in [0.25, 0.3) is 0 Å². The Morgan fingerprint density at radius 3 is 1.92 bits per heavy atom. The second-order valence-corrected chi connectivity index (χ2v) is 9.99. The number of nitrogens with zero attached hydrogens (tertiary/aromatic N) is 1. The van der Waals surface area contributed by atoms with E-state index in [2.05, 4.69) is 6.92 Å². The first-order chi connectivity index (χ1) is 18.4. The van der Waals surface area contributed by atoms with E-state index in [9.17, 15) is 20.1 Å². The summed E-state index contributed by atoms with van der Waals surface area (Å²) in [5.74, 6) is -0.0779. The van der Waals surface area contributed by atoms with Crippen molar-refractivity contribution in [1.82, 2.24) is 4.57 Å². The monoisotopic (exact) mass is 525 g/mol. The molecule has 0 aliphatic carbocycles. The minimum absolute atomic E-state index is 0.0364. The molecular formula is C31H43NO6. The number of aryl methyl sites for hydroxylation is 1. The van der Waals surface area contributed by atoms with Gasteiger partial charge in [-0.1, -0.05) is 77.6 Å². The topological polar surface area (TPSA) is 101 Å². The molecule has 3 aromatic rings. The van der Waals surface area contributed by atoms with Crippen LogP contribution in [0.15, 0.2) is 35.1 Å². The molecule has 0 saturated heterocycles. The molecule has 0 spiro atoms. The van der Waals surface area contributed by atoms with Crippen LogP contribution in [0.1, 0.15) is 84.0 Å². The quantitative estimate of drug-likeness (QED) is 0.167. The molecule has 208 valence electrons. The van der Waals surface area contributed by atoms with Crippen LogP contribution in [0, 0.1) is 0 Å². The van der Waals surface area contributed by atoms with Crippen molar-refractivity contribution in [2.75, 3.05) is 14.2 Å². The summed E-state index contributed by atoms with van der Waals surface area (Å²) in [6.45, 7) is 2.78. The largest absolute Gasteiger partial charge is 0.507 e. The maximum absolute atomic E-state index is 13.1. The van der Waals surface area contributed by atoms with E-state index in [1.54, 1.807) is 18.2 Å². The van der Waals surface area contributed by atoms with Crippen LogP contribution >= 0.6 is 0 Å². The molecular weight excluding hydrogens is 482 g/mol. The zero-order valence-electron chi connectivity index (χ0n) is 23.1. The van der Waals surface area contributed by atoms with Crippen molar-refractivity contribution < 1.29 is 24.8 Å². The molecule has 3 rings (SSSR count). The number of rotatable bonds is 16.